The minimum Gasteiger partial charge on any atom is -0.475 e. The maximum Gasteiger partial charge on any atom is 0.371 e. The summed E-state index contributed by atoms with van der Waals surface area (Å²) in [5, 5.41) is 7.89. The number of carbonyl (C=O) groups excluding carboxylic acids is 1. The number of hydrogen-bond donors (Lipinski definition) is 1. The van der Waals surface area contributed by atoms with Crippen molar-refractivity contribution in [2.24, 2.45) is 0 Å². The Balaban J connectivity index is 2.63. The van der Waals surface area contributed by atoms with Gasteiger partial charge in [0, 0.05) is 10.8 Å². The van der Waals surface area contributed by atoms with Crippen molar-refractivity contribution in [2.45, 2.75) is 37.9 Å². The predicted octanol–water partition coefficient (Wildman–Crippen LogP) is 1.57. The topological polar surface area (TPSA) is 93.8 Å². The third kappa shape index (κ3) is 4.51. The number of furan rings is 1. The Bertz CT molecular complexity index is 490. The second kappa shape index (κ2) is 6.51. The Hall–Kier alpha value is -1.63. The Labute approximate surface area is 113 Å². The molecule has 0 aromatic carbocycles. The first-order valence-electron chi connectivity index (χ1n) is 5.71. The van der Waals surface area contributed by atoms with Crippen LogP contribution in [0.15, 0.2) is 16.5 Å². The van der Waals surface area contributed by atoms with Crippen LogP contribution in [0.5, 0.6) is 0 Å². The van der Waals surface area contributed by atoms with Gasteiger partial charge in [-0.05, 0) is 32.9 Å². The summed E-state index contributed by atoms with van der Waals surface area (Å²) in [6.45, 7) is 4.92. The molecule has 0 saturated carbocycles. The minimum atomic E-state index is -1.52. The van der Waals surface area contributed by atoms with Crippen LogP contribution in [-0.4, -0.2) is 32.6 Å². The first-order chi connectivity index (χ1) is 8.81. The summed E-state index contributed by atoms with van der Waals surface area (Å²) in [4.78, 5) is 22.2. The van der Waals surface area contributed by atoms with Crippen molar-refractivity contribution in [3.8, 4) is 0 Å². The standard InChI is InChI=1S/C12H16O6S/c1-7(2)17-12(15)8(3)19(16)6-9-4-5-10(18-9)11(13)14/h4-5,7-8H,6H2,1-3H3,(H,13,14). The van der Waals surface area contributed by atoms with Crippen molar-refractivity contribution in [1.82, 2.24) is 0 Å². The fraction of sp³-hybridized carbons (Fsp3) is 0.500. The van der Waals surface area contributed by atoms with Crippen LogP contribution in [0.4, 0.5) is 0 Å². The molecule has 1 aromatic heterocycles. The van der Waals surface area contributed by atoms with Crippen LogP contribution >= 0.6 is 0 Å². The summed E-state index contributed by atoms with van der Waals surface area (Å²) in [5.41, 5.74) is 0. The van der Waals surface area contributed by atoms with Crippen LogP contribution < -0.4 is 0 Å². The molecular formula is C12H16O6S. The molecule has 0 spiro atoms. The zero-order valence-corrected chi connectivity index (χ0v) is 11.7. The van der Waals surface area contributed by atoms with Gasteiger partial charge >= 0.3 is 11.9 Å². The highest BCUT2D eigenvalue weighted by atomic mass is 32.2. The average molecular weight is 288 g/mol. The third-order valence-corrected chi connectivity index (χ3v) is 3.79. The molecule has 1 aromatic rings. The molecule has 0 saturated heterocycles. The second-order valence-electron chi connectivity index (χ2n) is 4.22. The molecule has 0 aliphatic heterocycles. The molecule has 0 aliphatic rings. The number of aromatic carboxylic acids is 1. The van der Waals surface area contributed by atoms with E-state index in [1.165, 1.54) is 19.1 Å². The molecule has 1 rings (SSSR count). The molecule has 2 atom stereocenters. The summed E-state index contributed by atoms with van der Waals surface area (Å²) in [5.74, 6) is -1.71. The van der Waals surface area contributed by atoms with Gasteiger partial charge in [-0.15, -0.1) is 0 Å². The van der Waals surface area contributed by atoms with E-state index >= 15 is 0 Å². The lowest BCUT2D eigenvalue weighted by Crippen LogP contribution is -2.27. The van der Waals surface area contributed by atoms with Crippen LogP contribution in [0.2, 0.25) is 0 Å². The van der Waals surface area contributed by atoms with Gasteiger partial charge in [-0.3, -0.25) is 9.00 Å². The second-order valence-corrected chi connectivity index (χ2v) is 5.98. The van der Waals surface area contributed by atoms with Gasteiger partial charge in [-0.2, -0.15) is 0 Å². The van der Waals surface area contributed by atoms with Crippen molar-refractivity contribution in [1.29, 1.82) is 0 Å². The quantitative estimate of drug-likeness (QED) is 0.798. The molecule has 7 heteroatoms. The van der Waals surface area contributed by atoms with E-state index in [1.54, 1.807) is 13.8 Å². The molecule has 1 N–H and O–H groups in total. The number of ether oxygens (including phenoxy) is 1. The lowest BCUT2D eigenvalue weighted by atomic mass is 10.4. The third-order valence-electron chi connectivity index (χ3n) is 2.24. The van der Waals surface area contributed by atoms with Gasteiger partial charge in [0.25, 0.3) is 0 Å². The summed E-state index contributed by atoms with van der Waals surface area (Å²) in [6.07, 6.45) is -0.269. The van der Waals surface area contributed by atoms with E-state index in [0.29, 0.717) is 0 Å². The van der Waals surface area contributed by atoms with E-state index in [2.05, 4.69) is 0 Å². The average Bonchev–Trinajstić information content (AvgIpc) is 2.75. The van der Waals surface area contributed by atoms with E-state index in [9.17, 15) is 13.8 Å². The molecular weight excluding hydrogens is 272 g/mol. The van der Waals surface area contributed by atoms with Crippen LogP contribution in [-0.2, 0) is 26.1 Å². The van der Waals surface area contributed by atoms with Crippen molar-refractivity contribution in [3.63, 3.8) is 0 Å². The fourth-order valence-electron chi connectivity index (χ4n) is 1.27. The van der Waals surface area contributed by atoms with Crippen LogP contribution in [0.1, 0.15) is 37.1 Å². The van der Waals surface area contributed by atoms with Gasteiger partial charge in [-0.25, -0.2) is 4.79 Å². The summed E-state index contributed by atoms with van der Waals surface area (Å²) < 4.78 is 21.9. The van der Waals surface area contributed by atoms with E-state index in [4.69, 9.17) is 14.3 Å². The Morgan fingerprint density at radius 2 is 2.00 bits per heavy atom. The molecule has 0 bridgehead atoms. The lowest BCUT2D eigenvalue weighted by Gasteiger charge is -2.12. The first-order valence-corrected chi connectivity index (χ1v) is 7.09. The maximum atomic E-state index is 11.9. The van der Waals surface area contributed by atoms with E-state index in [1.807, 2.05) is 0 Å². The van der Waals surface area contributed by atoms with Crippen molar-refractivity contribution < 1.29 is 28.1 Å². The molecule has 2 unspecified atom stereocenters. The summed E-state index contributed by atoms with van der Waals surface area (Å²) in [7, 11) is -1.52. The van der Waals surface area contributed by atoms with Gasteiger partial charge in [0.15, 0.2) is 0 Å². The van der Waals surface area contributed by atoms with Gasteiger partial charge in [0.05, 0.1) is 11.9 Å². The van der Waals surface area contributed by atoms with E-state index in [-0.39, 0.29) is 23.4 Å². The van der Waals surface area contributed by atoms with Crippen molar-refractivity contribution in [3.05, 3.63) is 23.7 Å². The molecule has 0 radical (unpaired) electrons. The SMILES string of the molecule is CC(C)OC(=O)C(C)S(=O)Cc1ccc(C(=O)O)o1. The Kier molecular flexibility index (Phi) is 5.29. The van der Waals surface area contributed by atoms with Crippen LogP contribution in [0, 0.1) is 0 Å². The Morgan fingerprint density at radius 3 is 2.47 bits per heavy atom. The number of rotatable bonds is 6. The molecule has 0 amide bonds. The highest BCUT2D eigenvalue weighted by molar-refractivity contribution is 7.85. The van der Waals surface area contributed by atoms with Crippen molar-refractivity contribution in [2.75, 3.05) is 0 Å². The minimum absolute atomic E-state index is 0.0261. The number of hydrogen-bond acceptors (Lipinski definition) is 5. The molecule has 6 nitrogen and oxygen atoms in total. The normalized spacial score (nSPS) is 14.1. The van der Waals surface area contributed by atoms with Crippen LogP contribution in [0.25, 0.3) is 0 Å². The molecule has 0 fully saturated rings. The fourth-order valence-corrected chi connectivity index (χ4v) is 2.23. The first kappa shape index (κ1) is 15.4. The summed E-state index contributed by atoms with van der Waals surface area (Å²) >= 11 is 0. The van der Waals surface area contributed by atoms with Crippen molar-refractivity contribution >= 4 is 22.7 Å². The zero-order valence-electron chi connectivity index (χ0n) is 10.9. The monoisotopic (exact) mass is 288 g/mol. The zero-order chi connectivity index (χ0) is 14.6. The maximum absolute atomic E-state index is 11.9. The smallest absolute Gasteiger partial charge is 0.371 e. The van der Waals surface area contributed by atoms with Gasteiger partial charge in [0.2, 0.25) is 5.76 Å². The molecule has 106 valence electrons. The highest BCUT2D eigenvalue weighted by Gasteiger charge is 2.23. The number of carbonyl (C=O) groups is 2. The molecule has 0 aliphatic carbocycles. The van der Waals surface area contributed by atoms with E-state index in [0.717, 1.165) is 0 Å². The van der Waals surface area contributed by atoms with Gasteiger partial charge in [-0.1, -0.05) is 0 Å². The van der Waals surface area contributed by atoms with Crippen LogP contribution in [0.3, 0.4) is 0 Å². The van der Waals surface area contributed by atoms with E-state index < -0.39 is 28.0 Å². The largest absolute Gasteiger partial charge is 0.475 e. The van der Waals surface area contributed by atoms with Gasteiger partial charge in [0.1, 0.15) is 11.0 Å². The predicted molar refractivity (Wildman–Crippen MR) is 68.2 cm³/mol. The highest BCUT2D eigenvalue weighted by Crippen LogP contribution is 2.13. The van der Waals surface area contributed by atoms with Gasteiger partial charge < -0.3 is 14.3 Å². The number of carboxylic acids is 1. The molecule has 19 heavy (non-hydrogen) atoms. The summed E-state index contributed by atoms with van der Waals surface area (Å²) in [6, 6.07) is 2.72. The number of carboxylic acid groups (broad SMARTS) is 1. The molecule has 1 heterocycles. The lowest BCUT2D eigenvalue weighted by molar-refractivity contribution is -0.146. The number of esters is 1. The Morgan fingerprint density at radius 1 is 1.37 bits per heavy atom.